The summed E-state index contributed by atoms with van der Waals surface area (Å²) in [7, 11) is 1.67. The van der Waals surface area contributed by atoms with Gasteiger partial charge in [0.2, 0.25) is 0 Å². The Morgan fingerprint density at radius 3 is 1.91 bits per heavy atom. The van der Waals surface area contributed by atoms with Crippen molar-refractivity contribution in [1.29, 1.82) is 0 Å². The van der Waals surface area contributed by atoms with Gasteiger partial charge in [-0.2, -0.15) is 0 Å². The Kier molecular flexibility index (Phi) is 6.58. The van der Waals surface area contributed by atoms with Gasteiger partial charge in [-0.25, -0.2) is 0 Å². The van der Waals surface area contributed by atoms with Crippen LogP contribution in [0.2, 0.25) is 0 Å². The summed E-state index contributed by atoms with van der Waals surface area (Å²) < 4.78 is 5.14. The lowest BCUT2D eigenvalue weighted by Gasteiger charge is -2.01. The molecule has 0 atom stereocenters. The fourth-order valence-electron chi connectivity index (χ4n) is 2.33. The fourth-order valence-corrected chi connectivity index (χ4v) is 2.33. The smallest absolute Gasteiger partial charge is 0.118 e. The molecule has 0 unspecified atom stereocenters. The second kappa shape index (κ2) is 8.95. The second-order valence-corrected chi connectivity index (χ2v) is 5.49. The van der Waals surface area contributed by atoms with Crippen molar-refractivity contribution in [2.24, 2.45) is 0 Å². The van der Waals surface area contributed by atoms with E-state index in [0.717, 1.165) is 16.9 Å². The van der Waals surface area contributed by atoms with E-state index in [1.165, 1.54) is 37.7 Å². The summed E-state index contributed by atoms with van der Waals surface area (Å²) in [6.45, 7) is 2.25. The van der Waals surface area contributed by atoms with E-state index in [9.17, 15) is 0 Å². The van der Waals surface area contributed by atoms with E-state index >= 15 is 0 Å². The predicted octanol–water partition coefficient (Wildman–Crippen LogP) is 5.22. The lowest BCUT2D eigenvalue weighted by Crippen LogP contribution is -1.86. The average Bonchev–Trinajstić information content (AvgIpc) is 2.58. The molecule has 0 amide bonds. The topological polar surface area (TPSA) is 9.23 Å². The van der Waals surface area contributed by atoms with E-state index in [1.54, 1.807) is 7.11 Å². The van der Waals surface area contributed by atoms with E-state index in [1.807, 2.05) is 24.3 Å². The van der Waals surface area contributed by atoms with E-state index in [-0.39, 0.29) is 0 Å². The van der Waals surface area contributed by atoms with Crippen LogP contribution in [0.5, 0.6) is 5.75 Å². The Morgan fingerprint density at radius 1 is 0.773 bits per heavy atom. The Labute approximate surface area is 134 Å². The monoisotopic (exact) mass is 292 g/mol. The molecule has 0 N–H and O–H groups in total. The molecule has 0 aliphatic carbocycles. The Hall–Kier alpha value is -2.20. The van der Waals surface area contributed by atoms with Crippen LogP contribution in [-0.2, 0) is 6.42 Å². The molecule has 0 saturated heterocycles. The first-order valence-corrected chi connectivity index (χ1v) is 8.07. The van der Waals surface area contributed by atoms with Crippen LogP contribution in [0.15, 0.2) is 48.5 Å². The zero-order valence-corrected chi connectivity index (χ0v) is 13.6. The first kappa shape index (κ1) is 16.2. The summed E-state index contributed by atoms with van der Waals surface area (Å²) in [4.78, 5) is 0. The quantitative estimate of drug-likeness (QED) is 0.524. The SMILES string of the molecule is CCCCCCc1ccc(C#Cc2ccc(OC)cc2)cc1. The molecule has 0 aromatic heterocycles. The van der Waals surface area contributed by atoms with Crippen molar-refractivity contribution in [1.82, 2.24) is 0 Å². The van der Waals surface area contributed by atoms with Gasteiger partial charge < -0.3 is 4.74 Å². The van der Waals surface area contributed by atoms with Crippen LogP contribution in [0.4, 0.5) is 0 Å². The van der Waals surface area contributed by atoms with Crippen molar-refractivity contribution in [2.75, 3.05) is 7.11 Å². The van der Waals surface area contributed by atoms with Crippen LogP contribution in [-0.4, -0.2) is 7.11 Å². The van der Waals surface area contributed by atoms with Gasteiger partial charge in [-0.05, 0) is 54.8 Å². The van der Waals surface area contributed by atoms with Gasteiger partial charge in [-0.3, -0.25) is 0 Å². The molecule has 114 valence electrons. The van der Waals surface area contributed by atoms with E-state index < -0.39 is 0 Å². The lowest BCUT2D eigenvalue weighted by atomic mass is 10.0. The summed E-state index contributed by atoms with van der Waals surface area (Å²) in [5.74, 6) is 7.26. The summed E-state index contributed by atoms with van der Waals surface area (Å²) >= 11 is 0. The van der Waals surface area contributed by atoms with E-state index in [0.29, 0.717) is 0 Å². The number of hydrogen-bond acceptors (Lipinski definition) is 1. The van der Waals surface area contributed by atoms with Gasteiger partial charge in [-0.1, -0.05) is 50.2 Å². The number of aryl methyl sites for hydroxylation is 1. The highest BCUT2D eigenvalue weighted by Crippen LogP contribution is 2.11. The maximum atomic E-state index is 5.14. The number of hydrogen-bond donors (Lipinski definition) is 0. The third-order valence-corrected chi connectivity index (χ3v) is 3.71. The molecule has 0 aliphatic rings. The number of unbranched alkanes of at least 4 members (excludes halogenated alkanes) is 3. The van der Waals surface area contributed by atoms with Gasteiger partial charge in [0.15, 0.2) is 0 Å². The molecular weight excluding hydrogens is 268 g/mol. The van der Waals surface area contributed by atoms with Crippen molar-refractivity contribution in [3.05, 3.63) is 65.2 Å². The Morgan fingerprint density at radius 2 is 1.36 bits per heavy atom. The average molecular weight is 292 g/mol. The molecule has 0 aliphatic heterocycles. The van der Waals surface area contributed by atoms with Gasteiger partial charge in [0.1, 0.15) is 5.75 Å². The molecule has 1 heteroatoms. The standard InChI is InChI=1S/C21H24O/c1-3-4-5-6-7-18-8-10-19(11-9-18)12-13-20-14-16-21(22-2)17-15-20/h8-11,14-17H,3-7H2,1-2H3. The van der Waals surface area contributed by atoms with Gasteiger partial charge in [-0.15, -0.1) is 0 Å². The summed E-state index contributed by atoms with van der Waals surface area (Å²) in [6, 6.07) is 16.5. The van der Waals surface area contributed by atoms with Crippen LogP contribution < -0.4 is 4.74 Å². The molecule has 0 heterocycles. The maximum Gasteiger partial charge on any atom is 0.118 e. The molecule has 2 rings (SSSR count). The highest BCUT2D eigenvalue weighted by Gasteiger charge is 1.94. The van der Waals surface area contributed by atoms with Crippen LogP contribution in [0, 0.1) is 11.8 Å². The Bertz CT molecular complexity index is 612. The first-order valence-electron chi connectivity index (χ1n) is 8.07. The minimum Gasteiger partial charge on any atom is -0.497 e. The summed E-state index contributed by atoms with van der Waals surface area (Å²) in [5, 5.41) is 0. The van der Waals surface area contributed by atoms with E-state index in [4.69, 9.17) is 4.74 Å². The zero-order chi connectivity index (χ0) is 15.6. The maximum absolute atomic E-state index is 5.14. The van der Waals surface area contributed by atoms with E-state index in [2.05, 4.69) is 43.0 Å². The number of methoxy groups -OCH3 is 1. The summed E-state index contributed by atoms with van der Waals surface area (Å²) in [5.41, 5.74) is 3.48. The number of benzene rings is 2. The van der Waals surface area contributed by atoms with Crippen LogP contribution in [0.3, 0.4) is 0 Å². The molecule has 2 aromatic carbocycles. The second-order valence-electron chi connectivity index (χ2n) is 5.49. The molecule has 22 heavy (non-hydrogen) atoms. The molecule has 0 saturated carbocycles. The molecule has 2 aromatic rings. The molecule has 0 bridgehead atoms. The van der Waals surface area contributed by atoms with Gasteiger partial charge in [0.25, 0.3) is 0 Å². The van der Waals surface area contributed by atoms with Gasteiger partial charge in [0.05, 0.1) is 7.11 Å². The Balaban J connectivity index is 1.92. The van der Waals surface area contributed by atoms with Gasteiger partial charge in [0, 0.05) is 11.1 Å². The van der Waals surface area contributed by atoms with Gasteiger partial charge >= 0.3 is 0 Å². The minimum atomic E-state index is 0.859. The van der Waals surface area contributed by atoms with Crippen molar-refractivity contribution >= 4 is 0 Å². The van der Waals surface area contributed by atoms with Crippen LogP contribution in [0.25, 0.3) is 0 Å². The number of rotatable bonds is 6. The fraction of sp³-hybridized carbons (Fsp3) is 0.333. The number of ether oxygens (including phenoxy) is 1. The molecule has 0 radical (unpaired) electrons. The molecule has 0 fully saturated rings. The molecule has 1 nitrogen and oxygen atoms in total. The molecular formula is C21H24O. The normalized spacial score (nSPS) is 9.91. The van der Waals surface area contributed by atoms with Crippen molar-refractivity contribution in [3.63, 3.8) is 0 Å². The van der Waals surface area contributed by atoms with Crippen molar-refractivity contribution < 1.29 is 4.74 Å². The lowest BCUT2D eigenvalue weighted by molar-refractivity contribution is 0.415. The third-order valence-electron chi connectivity index (χ3n) is 3.71. The van der Waals surface area contributed by atoms with Crippen LogP contribution in [0.1, 0.15) is 49.3 Å². The largest absolute Gasteiger partial charge is 0.497 e. The first-order chi connectivity index (χ1) is 10.8. The van der Waals surface area contributed by atoms with Crippen molar-refractivity contribution in [3.8, 4) is 17.6 Å². The third kappa shape index (κ3) is 5.30. The highest BCUT2D eigenvalue weighted by molar-refractivity contribution is 5.44. The predicted molar refractivity (Wildman–Crippen MR) is 93.3 cm³/mol. The molecule has 0 spiro atoms. The minimum absolute atomic E-state index is 0.859. The van der Waals surface area contributed by atoms with Crippen molar-refractivity contribution in [2.45, 2.75) is 39.0 Å². The zero-order valence-electron chi connectivity index (χ0n) is 13.6. The summed E-state index contributed by atoms with van der Waals surface area (Å²) in [6.07, 6.45) is 6.41. The van der Waals surface area contributed by atoms with Crippen LogP contribution >= 0.6 is 0 Å². The highest BCUT2D eigenvalue weighted by atomic mass is 16.5.